The fourth-order valence-corrected chi connectivity index (χ4v) is 5.11. The van der Waals surface area contributed by atoms with Crippen LogP contribution in [0, 0.1) is 17.2 Å². The molecular formula is C24H27N5O4. The first kappa shape index (κ1) is 21.6. The monoisotopic (exact) mass is 449 g/mol. The van der Waals surface area contributed by atoms with Crippen molar-refractivity contribution >= 4 is 11.7 Å². The Hall–Kier alpha value is -3.22. The van der Waals surface area contributed by atoms with E-state index in [1.165, 1.54) is 0 Å². The number of hydrogen-bond donors (Lipinski definition) is 0. The lowest BCUT2D eigenvalue weighted by Gasteiger charge is -2.44. The highest BCUT2D eigenvalue weighted by molar-refractivity contribution is 5.78. The van der Waals surface area contributed by atoms with Crippen molar-refractivity contribution in [2.75, 3.05) is 44.9 Å². The molecule has 5 heterocycles. The van der Waals surface area contributed by atoms with Gasteiger partial charge in [-0.2, -0.15) is 5.26 Å². The number of fused-ring (bicyclic) bond motifs is 2. The summed E-state index contributed by atoms with van der Waals surface area (Å²) in [7, 11) is 1.57. The van der Waals surface area contributed by atoms with Gasteiger partial charge in [0, 0.05) is 37.6 Å². The van der Waals surface area contributed by atoms with Crippen molar-refractivity contribution in [3.63, 3.8) is 0 Å². The van der Waals surface area contributed by atoms with Crippen LogP contribution in [-0.4, -0.2) is 72.9 Å². The van der Waals surface area contributed by atoms with Gasteiger partial charge >= 0.3 is 0 Å². The Kier molecular flexibility index (Phi) is 5.64. The van der Waals surface area contributed by atoms with Gasteiger partial charge in [0.2, 0.25) is 11.8 Å². The topological polar surface area (TPSA) is 101 Å². The van der Waals surface area contributed by atoms with E-state index in [9.17, 15) is 4.79 Å². The standard InChI is InChI=1S/C24H27N5O4/c1-16-7-19-11-28(12-20(16)29(19)21-4-3-17(9-25)10-27-21)23(30)13-33-24(14-32-15-24)18-5-6-26-22(8-18)31-2/h3-6,8,10,16,19-20H,7,11-15H2,1-2H3/t16-,19?,20?/m0/s1. The Balaban J connectivity index is 1.25. The molecule has 3 saturated heterocycles. The first-order valence-corrected chi connectivity index (χ1v) is 11.2. The molecule has 3 aliphatic heterocycles. The second-order valence-electron chi connectivity index (χ2n) is 9.02. The number of piperazine rings is 1. The number of rotatable bonds is 6. The molecule has 3 atom stereocenters. The number of ether oxygens (including phenoxy) is 3. The molecule has 2 bridgehead atoms. The molecule has 9 nitrogen and oxygen atoms in total. The number of likely N-dealkylation sites (tertiary alicyclic amines) is 1. The van der Waals surface area contributed by atoms with Gasteiger partial charge in [-0.15, -0.1) is 0 Å². The molecule has 0 N–H and O–H groups in total. The minimum atomic E-state index is -0.646. The number of aromatic nitrogens is 2. The molecule has 0 radical (unpaired) electrons. The van der Waals surface area contributed by atoms with Crippen LogP contribution in [0.5, 0.6) is 5.88 Å². The molecule has 172 valence electrons. The minimum Gasteiger partial charge on any atom is -0.481 e. The third-order valence-corrected chi connectivity index (χ3v) is 7.00. The first-order valence-electron chi connectivity index (χ1n) is 11.2. The van der Waals surface area contributed by atoms with Gasteiger partial charge < -0.3 is 24.0 Å². The van der Waals surface area contributed by atoms with Gasteiger partial charge in [0.15, 0.2) is 0 Å². The Morgan fingerprint density at radius 3 is 2.79 bits per heavy atom. The Morgan fingerprint density at radius 2 is 2.15 bits per heavy atom. The van der Waals surface area contributed by atoms with Crippen LogP contribution >= 0.6 is 0 Å². The summed E-state index contributed by atoms with van der Waals surface area (Å²) >= 11 is 0. The van der Waals surface area contributed by atoms with Crippen molar-refractivity contribution in [1.29, 1.82) is 5.26 Å². The molecule has 0 aromatic carbocycles. The maximum Gasteiger partial charge on any atom is 0.248 e. The average molecular weight is 450 g/mol. The number of nitrogens with zero attached hydrogens (tertiary/aromatic N) is 5. The zero-order chi connectivity index (χ0) is 23.0. The summed E-state index contributed by atoms with van der Waals surface area (Å²) < 4.78 is 16.8. The molecule has 33 heavy (non-hydrogen) atoms. The van der Waals surface area contributed by atoms with Crippen LogP contribution in [0.15, 0.2) is 36.7 Å². The zero-order valence-electron chi connectivity index (χ0n) is 18.8. The second-order valence-corrected chi connectivity index (χ2v) is 9.02. The number of carbonyl (C=O) groups is 1. The van der Waals surface area contributed by atoms with Crippen LogP contribution in [0.25, 0.3) is 0 Å². The van der Waals surface area contributed by atoms with Gasteiger partial charge in [-0.1, -0.05) is 6.92 Å². The van der Waals surface area contributed by atoms with E-state index in [4.69, 9.17) is 19.5 Å². The van der Waals surface area contributed by atoms with E-state index in [2.05, 4.69) is 27.9 Å². The third kappa shape index (κ3) is 3.90. The van der Waals surface area contributed by atoms with Gasteiger partial charge in [-0.05, 0) is 36.1 Å². The summed E-state index contributed by atoms with van der Waals surface area (Å²) in [6.07, 6.45) is 4.29. The molecule has 3 aliphatic rings. The van der Waals surface area contributed by atoms with Crippen molar-refractivity contribution in [1.82, 2.24) is 14.9 Å². The predicted molar refractivity (Wildman–Crippen MR) is 119 cm³/mol. The third-order valence-electron chi connectivity index (χ3n) is 7.00. The van der Waals surface area contributed by atoms with Crippen molar-refractivity contribution in [3.8, 4) is 11.9 Å². The first-order chi connectivity index (χ1) is 16.0. The molecule has 2 aromatic heterocycles. The van der Waals surface area contributed by atoms with Crippen molar-refractivity contribution in [2.45, 2.75) is 31.0 Å². The van der Waals surface area contributed by atoms with E-state index in [1.807, 2.05) is 23.1 Å². The van der Waals surface area contributed by atoms with Gasteiger partial charge in [0.1, 0.15) is 24.1 Å². The summed E-state index contributed by atoms with van der Waals surface area (Å²) in [6, 6.07) is 9.92. The molecule has 1 amide bonds. The molecule has 2 unspecified atom stereocenters. The molecule has 0 aliphatic carbocycles. The average Bonchev–Trinajstić information content (AvgIpc) is 3.02. The molecule has 0 spiro atoms. The Morgan fingerprint density at radius 1 is 1.30 bits per heavy atom. The number of anilines is 1. The Bertz CT molecular complexity index is 1070. The summed E-state index contributed by atoms with van der Waals surface area (Å²) in [5, 5.41) is 9.04. The molecule has 9 heteroatoms. The van der Waals surface area contributed by atoms with Crippen LogP contribution in [0.3, 0.4) is 0 Å². The van der Waals surface area contributed by atoms with Crippen molar-refractivity contribution < 1.29 is 19.0 Å². The molecule has 3 fully saturated rings. The number of amides is 1. The second kappa shape index (κ2) is 8.61. The van der Waals surface area contributed by atoms with E-state index < -0.39 is 5.60 Å². The SMILES string of the molecule is COc1cc(C2(OCC(=O)N3CC4C[C@H](C)C(C3)N4c3ccc(C#N)cn3)COC2)ccn1. The number of carbonyl (C=O) groups excluding carboxylic acids is 1. The minimum absolute atomic E-state index is 0.00304. The van der Waals surface area contributed by atoms with Crippen LogP contribution in [-0.2, 0) is 19.9 Å². The molecule has 0 saturated carbocycles. The van der Waals surface area contributed by atoms with Crippen LogP contribution < -0.4 is 9.64 Å². The van der Waals surface area contributed by atoms with E-state index in [1.54, 1.807) is 25.6 Å². The fourth-order valence-electron chi connectivity index (χ4n) is 5.11. The lowest BCUT2D eigenvalue weighted by molar-refractivity contribution is -0.218. The molecular weight excluding hydrogens is 422 g/mol. The zero-order valence-corrected chi connectivity index (χ0v) is 18.8. The van der Waals surface area contributed by atoms with Crippen LogP contribution in [0.1, 0.15) is 24.5 Å². The summed E-state index contributed by atoms with van der Waals surface area (Å²) in [5.74, 6) is 1.81. The quantitative estimate of drug-likeness (QED) is 0.657. The highest BCUT2D eigenvalue weighted by Gasteiger charge is 2.47. The lowest BCUT2D eigenvalue weighted by atomic mass is 9.92. The number of methoxy groups -OCH3 is 1. The maximum absolute atomic E-state index is 13.1. The molecule has 2 aromatic rings. The van der Waals surface area contributed by atoms with Gasteiger partial charge in [0.25, 0.3) is 0 Å². The van der Waals surface area contributed by atoms with Crippen molar-refractivity contribution in [3.05, 3.63) is 47.8 Å². The number of pyridine rings is 2. The lowest BCUT2D eigenvalue weighted by Crippen LogP contribution is -2.58. The van der Waals surface area contributed by atoms with Gasteiger partial charge in [0.05, 0.1) is 31.9 Å². The summed E-state index contributed by atoms with van der Waals surface area (Å²) in [6.45, 7) is 4.29. The Labute approximate surface area is 192 Å². The van der Waals surface area contributed by atoms with E-state index in [0.29, 0.717) is 43.7 Å². The highest BCUT2D eigenvalue weighted by atomic mass is 16.6. The highest BCUT2D eigenvalue weighted by Crippen LogP contribution is 2.38. The maximum atomic E-state index is 13.1. The van der Waals surface area contributed by atoms with E-state index in [0.717, 1.165) is 17.8 Å². The molecule has 5 rings (SSSR count). The largest absolute Gasteiger partial charge is 0.481 e. The predicted octanol–water partition coefficient (Wildman–Crippen LogP) is 1.72. The van der Waals surface area contributed by atoms with Crippen LogP contribution in [0.2, 0.25) is 0 Å². The van der Waals surface area contributed by atoms with Crippen molar-refractivity contribution in [2.24, 2.45) is 5.92 Å². The normalized spacial score (nSPS) is 25.3. The fraction of sp³-hybridized carbons (Fsp3) is 0.500. The van der Waals surface area contributed by atoms with E-state index in [-0.39, 0.29) is 24.6 Å². The summed E-state index contributed by atoms with van der Waals surface area (Å²) in [4.78, 5) is 26.0. The van der Waals surface area contributed by atoms with Gasteiger partial charge in [-0.25, -0.2) is 9.97 Å². The van der Waals surface area contributed by atoms with Gasteiger partial charge in [-0.3, -0.25) is 4.79 Å². The van der Waals surface area contributed by atoms with Crippen LogP contribution in [0.4, 0.5) is 5.82 Å². The number of hydrogen-bond acceptors (Lipinski definition) is 8. The smallest absolute Gasteiger partial charge is 0.248 e. The summed E-state index contributed by atoms with van der Waals surface area (Å²) in [5.41, 5.74) is 0.802. The number of nitriles is 1. The van der Waals surface area contributed by atoms with E-state index >= 15 is 0 Å².